The van der Waals surface area contributed by atoms with Crippen molar-refractivity contribution in [3.63, 3.8) is 0 Å². The minimum absolute atomic E-state index is 0.134. The van der Waals surface area contributed by atoms with Crippen LogP contribution in [0.15, 0.2) is 118 Å². The lowest BCUT2D eigenvalue weighted by Gasteiger charge is -2.33. The van der Waals surface area contributed by atoms with Gasteiger partial charge in [-0.15, -0.1) is 0 Å². The zero-order chi connectivity index (χ0) is 40.5. The van der Waals surface area contributed by atoms with Crippen LogP contribution in [0.4, 0.5) is 52.7 Å². The fraction of sp³-hybridized carbons (Fsp3) is 0.200. The molecule has 0 aliphatic heterocycles. The second kappa shape index (κ2) is 13.8. The summed E-state index contributed by atoms with van der Waals surface area (Å²) in [6.07, 6.45) is -21.6. The van der Waals surface area contributed by atoms with Crippen LogP contribution in [0.1, 0.15) is 53.3 Å². The van der Waals surface area contributed by atoms with Crippen LogP contribution >= 0.6 is 8.16 Å². The Morgan fingerprint density at radius 2 is 0.804 bits per heavy atom. The van der Waals surface area contributed by atoms with E-state index in [4.69, 9.17) is 8.39 Å². The van der Waals surface area contributed by atoms with E-state index in [1.54, 1.807) is 60.7 Å². The van der Waals surface area contributed by atoms with Crippen molar-refractivity contribution in [2.24, 2.45) is 0 Å². The normalized spacial score (nSPS) is 13.3. The predicted octanol–water partition coefficient (Wildman–Crippen LogP) is 14.8. The van der Waals surface area contributed by atoms with E-state index in [0.29, 0.717) is 21.5 Å². The Bertz CT molecular complexity index is 2420. The van der Waals surface area contributed by atoms with Crippen molar-refractivity contribution in [1.29, 1.82) is 0 Å². The Labute approximate surface area is 310 Å². The van der Waals surface area contributed by atoms with Gasteiger partial charge < -0.3 is 8.39 Å². The Morgan fingerprint density at radius 1 is 0.464 bits per heavy atom. The molecule has 0 aliphatic carbocycles. The third kappa shape index (κ3) is 7.41. The van der Waals surface area contributed by atoms with Gasteiger partial charge in [0, 0.05) is 16.8 Å². The number of benzene rings is 6. The number of fused-ring (bicyclic) bond motifs is 7. The first kappa shape index (κ1) is 39.1. The average Bonchev–Trinajstić information content (AvgIpc) is 3.29. The predicted molar refractivity (Wildman–Crippen MR) is 189 cm³/mol. The van der Waals surface area contributed by atoms with Gasteiger partial charge in [-0.05, 0) is 95.1 Å². The number of nitrogens with zero attached hydrogens (tertiary/aromatic N) is 1. The smallest absolute Gasteiger partial charge is 0.408 e. The molecule has 0 amide bonds. The molecule has 0 saturated carbocycles. The Kier molecular flexibility index (Phi) is 9.64. The van der Waals surface area contributed by atoms with E-state index in [-0.39, 0.29) is 47.6 Å². The molecular formula is C40H26F12NO2P. The summed E-state index contributed by atoms with van der Waals surface area (Å²) in [5.41, 5.74) is -8.88. The van der Waals surface area contributed by atoms with Gasteiger partial charge in [0.2, 0.25) is 0 Å². The first-order valence-corrected chi connectivity index (χ1v) is 17.8. The highest BCUT2D eigenvalue weighted by Gasteiger charge is 2.42. The molecule has 0 fully saturated rings. The molecule has 7 rings (SSSR count). The van der Waals surface area contributed by atoms with E-state index in [0.717, 1.165) is 15.4 Å². The number of alkyl halides is 12. The fourth-order valence-electron chi connectivity index (χ4n) is 6.80. The van der Waals surface area contributed by atoms with Crippen molar-refractivity contribution in [1.82, 2.24) is 0 Å². The van der Waals surface area contributed by atoms with Gasteiger partial charge in [-0.2, -0.15) is 57.4 Å². The first-order valence-electron chi connectivity index (χ1n) is 16.7. The fourth-order valence-corrected chi connectivity index (χ4v) is 8.50. The van der Waals surface area contributed by atoms with Gasteiger partial charge >= 0.3 is 32.9 Å². The van der Waals surface area contributed by atoms with E-state index in [9.17, 15) is 52.7 Å². The maximum atomic E-state index is 14.3. The summed E-state index contributed by atoms with van der Waals surface area (Å²) in [6, 6.07) is 18.4. The summed E-state index contributed by atoms with van der Waals surface area (Å²) < 4.78 is 185. The molecule has 0 bridgehead atoms. The number of rotatable bonds is 5. The van der Waals surface area contributed by atoms with Crippen LogP contribution in [0.2, 0.25) is 0 Å². The van der Waals surface area contributed by atoms with Crippen LogP contribution < -0.4 is 4.67 Å². The van der Waals surface area contributed by atoms with Crippen molar-refractivity contribution in [3.8, 4) is 0 Å². The van der Waals surface area contributed by atoms with Crippen LogP contribution in [0.5, 0.6) is 0 Å². The van der Waals surface area contributed by atoms with Crippen molar-refractivity contribution >= 4 is 51.6 Å². The largest absolute Gasteiger partial charge is 0.416 e. The molecule has 0 N–H and O–H groups in total. The molecule has 3 nitrogen and oxygen atoms in total. The molecule has 1 aromatic heterocycles. The highest BCUT2D eigenvalue weighted by Crippen LogP contribution is 2.50. The first-order chi connectivity index (χ1) is 26.1. The highest BCUT2D eigenvalue weighted by atomic mass is 31.1. The molecule has 0 unspecified atom stereocenters. The Hall–Kier alpha value is -5.14. The SMILES string of the molecule is CC(C)N(C(c1cc(C(F)(F)F)cc(C(F)(F)F)c1)c1cc(C(F)(F)F)cc(C(F)(F)F)c1)p1oc2ccc3ccccc3c2c2c(ccc3ccccc32)o1. The van der Waals surface area contributed by atoms with Gasteiger partial charge in [0.15, 0.2) is 0 Å². The zero-order valence-electron chi connectivity index (χ0n) is 28.8. The summed E-state index contributed by atoms with van der Waals surface area (Å²) in [4.78, 5) is 0. The minimum atomic E-state index is -5.41. The molecule has 6 aromatic carbocycles. The third-order valence-electron chi connectivity index (χ3n) is 9.22. The molecule has 292 valence electrons. The summed E-state index contributed by atoms with van der Waals surface area (Å²) in [7, 11) is -2.81. The van der Waals surface area contributed by atoms with E-state index < -0.39 is 78.3 Å². The number of hydrogen-bond donors (Lipinski definition) is 0. The Morgan fingerprint density at radius 3 is 1.12 bits per heavy atom. The van der Waals surface area contributed by atoms with Crippen LogP contribution in [-0.2, 0) is 24.7 Å². The van der Waals surface area contributed by atoms with Crippen molar-refractivity contribution in [2.45, 2.75) is 50.6 Å². The zero-order valence-corrected chi connectivity index (χ0v) is 29.7. The van der Waals surface area contributed by atoms with Gasteiger partial charge in [-0.1, -0.05) is 60.7 Å². The van der Waals surface area contributed by atoms with Gasteiger partial charge in [0.1, 0.15) is 11.2 Å². The molecular weight excluding hydrogens is 785 g/mol. The van der Waals surface area contributed by atoms with Crippen LogP contribution in [0.3, 0.4) is 0 Å². The van der Waals surface area contributed by atoms with Crippen LogP contribution in [-0.4, -0.2) is 6.04 Å². The maximum Gasteiger partial charge on any atom is 0.416 e. The van der Waals surface area contributed by atoms with Crippen molar-refractivity contribution in [2.75, 3.05) is 4.67 Å². The second-order valence-corrected chi connectivity index (χ2v) is 14.6. The molecule has 7 aromatic rings. The summed E-state index contributed by atoms with van der Waals surface area (Å²) in [5.74, 6) is 0. The van der Waals surface area contributed by atoms with Gasteiger partial charge in [-0.25, -0.2) is 0 Å². The lowest BCUT2D eigenvalue weighted by molar-refractivity contribution is -0.144. The third-order valence-corrected chi connectivity index (χ3v) is 11.0. The molecule has 0 spiro atoms. The van der Waals surface area contributed by atoms with E-state index in [1.165, 1.54) is 13.8 Å². The highest BCUT2D eigenvalue weighted by molar-refractivity contribution is 7.39. The summed E-state index contributed by atoms with van der Waals surface area (Å²) in [6.45, 7) is 2.82. The Balaban J connectivity index is 1.65. The molecule has 0 aliphatic rings. The monoisotopic (exact) mass is 811 g/mol. The van der Waals surface area contributed by atoms with Gasteiger partial charge in [-0.3, -0.25) is 0 Å². The summed E-state index contributed by atoms with van der Waals surface area (Å²) in [5, 5.41) is 3.83. The van der Waals surface area contributed by atoms with Crippen LogP contribution in [0, 0.1) is 0 Å². The van der Waals surface area contributed by atoms with Gasteiger partial charge in [0.25, 0.3) is 0 Å². The molecule has 0 saturated heterocycles. The molecule has 0 atom stereocenters. The quantitative estimate of drug-likeness (QED) is 0.162. The molecule has 16 heteroatoms. The van der Waals surface area contributed by atoms with Crippen molar-refractivity contribution < 1.29 is 61.1 Å². The summed E-state index contributed by atoms with van der Waals surface area (Å²) >= 11 is 0. The number of hydrogen-bond acceptors (Lipinski definition) is 3. The van der Waals surface area contributed by atoms with E-state index in [2.05, 4.69) is 0 Å². The maximum absolute atomic E-state index is 14.3. The minimum Gasteiger partial charge on any atom is -0.408 e. The topological polar surface area (TPSA) is 29.5 Å². The lowest BCUT2D eigenvalue weighted by atomic mass is 9.91. The van der Waals surface area contributed by atoms with Gasteiger partial charge in [0.05, 0.1) is 28.3 Å². The molecule has 0 radical (unpaired) electrons. The standard InChI is InChI=1S/C40H26F12NO2P/c1-21(2)53(56-54-32-13-11-22-7-3-5-9-30(22)34(32)35-31-10-6-4-8-23(31)12-14-33(35)55-56)36(24-15-26(37(41,42)43)19-27(16-24)38(44,45)46)25-17-28(39(47,48)49)20-29(18-25)40(50,51)52/h3-21,36H,1-2H3. The molecule has 1 heterocycles. The van der Waals surface area contributed by atoms with E-state index in [1.807, 2.05) is 12.1 Å². The lowest BCUT2D eigenvalue weighted by Crippen LogP contribution is -2.34. The van der Waals surface area contributed by atoms with Crippen LogP contribution in [0.25, 0.3) is 43.5 Å². The van der Waals surface area contributed by atoms with E-state index >= 15 is 0 Å². The number of halogens is 12. The molecule has 56 heavy (non-hydrogen) atoms. The van der Waals surface area contributed by atoms with Crippen molar-refractivity contribution in [3.05, 3.63) is 143 Å². The second-order valence-electron chi connectivity index (χ2n) is 13.3. The average molecular weight is 812 g/mol.